The van der Waals surface area contributed by atoms with E-state index in [1.54, 1.807) is 13.0 Å². The van der Waals surface area contributed by atoms with Gasteiger partial charge in [-0.25, -0.2) is 4.98 Å². The van der Waals surface area contributed by atoms with E-state index in [0.717, 1.165) is 5.56 Å². The Morgan fingerprint density at radius 3 is 2.71 bits per heavy atom. The summed E-state index contributed by atoms with van der Waals surface area (Å²) < 4.78 is 0. The van der Waals surface area contributed by atoms with Gasteiger partial charge in [0.15, 0.2) is 5.15 Å². The van der Waals surface area contributed by atoms with Crippen LogP contribution >= 0.6 is 23.2 Å². The lowest BCUT2D eigenvalue weighted by Crippen LogP contribution is -2.11. The maximum atomic E-state index is 11.1. The molecular weight excluding hydrogens is 223 g/mol. The van der Waals surface area contributed by atoms with Gasteiger partial charge in [-0.2, -0.15) is 0 Å². The SMILES string of the molecule is CCC(=O)Nc1c(C)cc(Cl)nc1Cl. The number of hydrogen-bond donors (Lipinski definition) is 1. The van der Waals surface area contributed by atoms with Crippen LogP contribution in [0.3, 0.4) is 0 Å². The van der Waals surface area contributed by atoms with Crippen LogP contribution in [0.5, 0.6) is 0 Å². The molecule has 0 bridgehead atoms. The lowest BCUT2D eigenvalue weighted by Gasteiger charge is -2.08. The van der Waals surface area contributed by atoms with Crippen LogP contribution in [-0.4, -0.2) is 10.9 Å². The average molecular weight is 233 g/mol. The molecule has 0 fully saturated rings. The Morgan fingerprint density at radius 1 is 1.57 bits per heavy atom. The smallest absolute Gasteiger partial charge is 0.224 e. The summed E-state index contributed by atoms with van der Waals surface area (Å²) in [6.07, 6.45) is 0.401. The third kappa shape index (κ3) is 2.59. The first-order valence-electron chi connectivity index (χ1n) is 4.17. The zero-order valence-corrected chi connectivity index (χ0v) is 9.41. The van der Waals surface area contributed by atoms with Crippen molar-refractivity contribution in [2.45, 2.75) is 20.3 Å². The van der Waals surface area contributed by atoms with E-state index in [0.29, 0.717) is 17.3 Å². The minimum absolute atomic E-state index is 0.0980. The summed E-state index contributed by atoms with van der Waals surface area (Å²) in [4.78, 5) is 15.0. The van der Waals surface area contributed by atoms with E-state index < -0.39 is 0 Å². The molecule has 0 aliphatic carbocycles. The van der Waals surface area contributed by atoms with Gasteiger partial charge in [-0.15, -0.1) is 0 Å². The van der Waals surface area contributed by atoms with Crippen LogP contribution in [0.15, 0.2) is 6.07 Å². The van der Waals surface area contributed by atoms with Gasteiger partial charge < -0.3 is 5.32 Å². The molecule has 0 aliphatic rings. The van der Waals surface area contributed by atoms with Crippen LogP contribution < -0.4 is 5.32 Å². The molecule has 0 saturated carbocycles. The molecule has 1 aromatic rings. The Bertz CT molecular complexity index is 343. The van der Waals surface area contributed by atoms with E-state index in [4.69, 9.17) is 23.2 Å². The number of anilines is 1. The minimum atomic E-state index is -0.0980. The summed E-state index contributed by atoms with van der Waals surface area (Å²) in [6, 6.07) is 1.65. The summed E-state index contributed by atoms with van der Waals surface area (Å²) in [6.45, 7) is 3.58. The Hall–Kier alpha value is -0.800. The topological polar surface area (TPSA) is 42.0 Å². The number of nitrogens with one attached hydrogen (secondary N) is 1. The average Bonchev–Trinajstić information content (AvgIpc) is 2.10. The molecule has 0 spiro atoms. The number of carbonyl (C=O) groups is 1. The lowest BCUT2D eigenvalue weighted by molar-refractivity contribution is -0.115. The van der Waals surface area contributed by atoms with Crippen LogP contribution in [-0.2, 0) is 4.79 Å². The van der Waals surface area contributed by atoms with Gasteiger partial charge >= 0.3 is 0 Å². The van der Waals surface area contributed by atoms with Crippen LogP contribution in [0.2, 0.25) is 10.3 Å². The zero-order chi connectivity index (χ0) is 10.7. The molecular formula is C9H10Cl2N2O. The van der Waals surface area contributed by atoms with E-state index >= 15 is 0 Å². The first kappa shape index (κ1) is 11.3. The predicted octanol–water partition coefficient (Wildman–Crippen LogP) is 3.05. The molecule has 0 aromatic carbocycles. The molecule has 3 nitrogen and oxygen atoms in total. The third-order valence-electron chi connectivity index (χ3n) is 1.73. The number of aryl methyl sites for hydroxylation is 1. The molecule has 1 N–H and O–H groups in total. The molecule has 0 unspecified atom stereocenters. The maximum absolute atomic E-state index is 11.1. The van der Waals surface area contributed by atoms with Gasteiger partial charge in [0, 0.05) is 6.42 Å². The molecule has 14 heavy (non-hydrogen) atoms. The van der Waals surface area contributed by atoms with Crippen molar-refractivity contribution in [1.29, 1.82) is 0 Å². The van der Waals surface area contributed by atoms with Gasteiger partial charge in [-0.3, -0.25) is 4.79 Å². The first-order valence-corrected chi connectivity index (χ1v) is 4.92. The Kier molecular flexibility index (Phi) is 3.72. The molecule has 1 aromatic heterocycles. The Labute approximate surface area is 92.4 Å². The summed E-state index contributed by atoms with van der Waals surface area (Å²) >= 11 is 11.5. The Morgan fingerprint density at radius 2 is 2.21 bits per heavy atom. The van der Waals surface area contributed by atoms with Crippen molar-refractivity contribution < 1.29 is 4.79 Å². The number of amides is 1. The van der Waals surface area contributed by atoms with Crippen LogP contribution in [0.25, 0.3) is 0 Å². The van der Waals surface area contributed by atoms with E-state index in [-0.39, 0.29) is 11.1 Å². The number of pyridine rings is 1. The highest BCUT2D eigenvalue weighted by molar-refractivity contribution is 6.34. The number of hydrogen-bond acceptors (Lipinski definition) is 2. The highest BCUT2D eigenvalue weighted by Crippen LogP contribution is 2.26. The fourth-order valence-electron chi connectivity index (χ4n) is 0.973. The zero-order valence-electron chi connectivity index (χ0n) is 7.90. The van der Waals surface area contributed by atoms with Crippen molar-refractivity contribution in [2.75, 3.05) is 5.32 Å². The van der Waals surface area contributed by atoms with Crippen molar-refractivity contribution in [3.63, 3.8) is 0 Å². The molecule has 0 aliphatic heterocycles. The molecule has 1 amide bonds. The number of carbonyl (C=O) groups excluding carboxylic acids is 1. The minimum Gasteiger partial charge on any atom is -0.323 e. The monoisotopic (exact) mass is 232 g/mol. The van der Waals surface area contributed by atoms with Gasteiger partial charge in [0.25, 0.3) is 0 Å². The van der Waals surface area contributed by atoms with Crippen molar-refractivity contribution >= 4 is 34.8 Å². The highest BCUT2D eigenvalue weighted by Gasteiger charge is 2.09. The van der Waals surface area contributed by atoms with E-state index in [2.05, 4.69) is 10.3 Å². The second kappa shape index (κ2) is 4.62. The van der Waals surface area contributed by atoms with Crippen LogP contribution in [0.4, 0.5) is 5.69 Å². The van der Waals surface area contributed by atoms with Crippen molar-refractivity contribution in [1.82, 2.24) is 4.98 Å². The standard InChI is InChI=1S/C9H10Cl2N2O/c1-3-7(14)13-8-5(2)4-6(10)12-9(8)11/h4H,3H2,1-2H3,(H,13,14). The van der Waals surface area contributed by atoms with Gasteiger partial charge in [0.1, 0.15) is 5.15 Å². The largest absolute Gasteiger partial charge is 0.323 e. The van der Waals surface area contributed by atoms with Crippen molar-refractivity contribution in [2.24, 2.45) is 0 Å². The summed E-state index contributed by atoms with van der Waals surface area (Å²) in [5.74, 6) is -0.0980. The molecule has 0 atom stereocenters. The second-order valence-electron chi connectivity index (χ2n) is 2.83. The highest BCUT2D eigenvalue weighted by atomic mass is 35.5. The second-order valence-corrected chi connectivity index (χ2v) is 3.57. The summed E-state index contributed by atoms with van der Waals surface area (Å²) in [7, 11) is 0. The number of nitrogens with zero attached hydrogens (tertiary/aromatic N) is 1. The van der Waals surface area contributed by atoms with Crippen LogP contribution in [0, 0.1) is 6.92 Å². The quantitative estimate of drug-likeness (QED) is 0.797. The fraction of sp³-hybridized carbons (Fsp3) is 0.333. The molecule has 1 heterocycles. The molecule has 1 rings (SSSR count). The molecule has 0 saturated heterocycles. The molecule has 76 valence electrons. The fourth-order valence-corrected chi connectivity index (χ4v) is 1.55. The molecule has 0 radical (unpaired) electrons. The van der Waals surface area contributed by atoms with Crippen molar-refractivity contribution in [3.8, 4) is 0 Å². The van der Waals surface area contributed by atoms with E-state index in [9.17, 15) is 4.79 Å². The lowest BCUT2D eigenvalue weighted by atomic mass is 10.2. The number of aromatic nitrogens is 1. The maximum Gasteiger partial charge on any atom is 0.224 e. The number of halogens is 2. The molecule has 5 heteroatoms. The van der Waals surface area contributed by atoms with Gasteiger partial charge in [0.2, 0.25) is 5.91 Å². The predicted molar refractivity (Wildman–Crippen MR) is 57.9 cm³/mol. The van der Waals surface area contributed by atoms with Crippen molar-refractivity contribution in [3.05, 3.63) is 21.9 Å². The summed E-state index contributed by atoms with van der Waals surface area (Å²) in [5.41, 5.74) is 1.33. The third-order valence-corrected chi connectivity index (χ3v) is 2.19. The summed E-state index contributed by atoms with van der Waals surface area (Å²) in [5, 5.41) is 3.20. The van der Waals surface area contributed by atoms with E-state index in [1.807, 2.05) is 6.92 Å². The number of rotatable bonds is 2. The Balaban J connectivity index is 3.02. The normalized spacial score (nSPS) is 10.0. The van der Waals surface area contributed by atoms with Crippen LogP contribution in [0.1, 0.15) is 18.9 Å². The van der Waals surface area contributed by atoms with Gasteiger partial charge in [-0.05, 0) is 18.6 Å². The van der Waals surface area contributed by atoms with Gasteiger partial charge in [-0.1, -0.05) is 30.1 Å². The van der Waals surface area contributed by atoms with Gasteiger partial charge in [0.05, 0.1) is 5.69 Å². The first-order chi connectivity index (χ1) is 6.54. The van der Waals surface area contributed by atoms with E-state index in [1.165, 1.54) is 0 Å².